The van der Waals surface area contributed by atoms with Crippen molar-refractivity contribution in [2.45, 2.75) is 39.7 Å². The molecular formula is C11H20O3. The summed E-state index contributed by atoms with van der Waals surface area (Å²) >= 11 is 0. The van der Waals surface area contributed by atoms with Gasteiger partial charge in [0.05, 0.1) is 18.6 Å². The Labute approximate surface area is 85.8 Å². The number of hydrogen-bond donors (Lipinski definition) is 0. The largest absolute Gasteiger partial charge is 0.465 e. The zero-order chi connectivity index (χ0) is 10.6. The van der Waals surface area contributed by atoms with Gasteiger partial charge in [-0.25, -0.2) is 0 Å². The molecule has 0 radical (unpaired) electrons. The van der Waals surface area contributed by atoms with Gasteiger partial charge in [-0.15, -0.1) is 0 Å². The molecule has 0 bridgehead atoms. The first-order valence-corrected chi connectivity index (χ1v) is 5.38. The molecule has 1 heterocycles. The Morgan fingerprint density at radius 2 is 2.29 bits per heavy atom. The van der Waals surface area contributed by atoms with Crippen molar-refractivity contribution >= 4 is 5.97 Å². The highest BCUT2D eigenvalue weighted by molar-refractivity contribution is 5.71. The van der Waals surface area contributed by atoms with E-state index in [0.717, 1.165) is 19.4 Å². The quantitative estimate of drug-likeness (QED) is 0.654. The van der Waals surface area contributed by atoms with E-state index in [2.05, 4.69) is 6.92 Å². The second kappa shape index (κ2) is 5.35. The minimum absolute atomic E-state index is 0.0211. The van der Waals surface area contributed by atoms with E-state index >= 15 is 0 Å². The van der Waals surface area contributed by atoms with E-state index in [1.807, 2.05) is 13.8 Å². The summed E-state index contributed by atoms with van der Waals surface area (Å²) in [4.78, 5) is 11.2. The summed E-state index contributed by atoms with van der Waals surface area (Å²) in [6, 6.07) is 0. The molecular weight excluding hydrogens is 180 g/mol. The van der Waals surface area contributed by atoms with Gasteiger partial charge in [0.25, 0.3) is 0 Å². The maximum Gasteiger partial charge on any atom is 0.308 e. The number of ether oxygens (including phenoxy) is 2. The average Bonchev–Trinajstić information content (AvgIpc) is 2.14. The SMILES string of the molecule is CC1CC(COC(=O)C(C)C)CCO1. The van der Waals surface area contributed by atoms with Gasteiger partial charge in [-0.3, -0.25) is 4.79 Å². The zero-order valence-electron chi connectivity index (χ0n) is 9.29. The molecule has 3 nitrogen and oxygen atoms in total. The molecule has 82 valence electrons. The van der Waals surface area contributed by atoms with Crippen LogP contribution in [0.2, 0.25) is 0 Å². The lowest BCUT2D eigenvalue weighted by Crippen LogP contribution is -2.27. The van der Waals surface area contributed by atoms with Crippen molar-refractivity contribution in [3.8, 4) is 0 Å². The predicted octanol–water partition coefficient (Wildman–Crippen LogP) is 2.00. The molecule has 0 saturated carbocycles. The third-order valence-electron chi connectivity index (χ3n) is 2.53. The third kappa shape index (κ3) is 3.66. The number of esters is 1. The number of rotatable bonds is 3. The summed E-state index contributed by atoms with van der Waals surface area (Å²) in [6.45, 7) is 7.14. The lowest BCUT2D eigenvalue weighted by molar-refractivity contribution is -0.150. The summed E-state index contributed by atoms with van der Waals surface area (Å²) in [5, 5.41) is 0. The first kappa shape index (κ1) is 11.5. The fourth-order valence-electron chi connectivity index (χ4n) is 1.61. The maximum absolute atomic E-state index is 11.2. The van der Waals surface area contributed by atoms with Crippen LogP contribution in [-0.2, 0) is 14.3 Å². The van der Waals surface area contributed by atoms with Crippen molar-refractivity contribution in [1.82, 2.24) is 0 Å². The molecule has 0 spiro atoms. The molecule has 0 aromatic rings. The number of carbonyl (C=O) groups excluding carboxylic acids is 1. The van der Waals surface area contributed by atoms with Crippen LogP contribution in [0.1, 0.15) is 33.6 Å². The molecule has 0 N–H and O–H groups in total. The van der Waals surface area contributed by atoms with E-state index in [-0.39, 0.29) is 11.9 Å². The molecule has 0 aromatic carbocycles. The van der Waals surface area contributed by atoms with Gasteiger partial charge in [0.2, 0.25) is 0 Å². The second-order valence-corrected chi connectivity index (χ2v) is 4.36. The Morgan fingerprint density at radius 1 is 1.57 bits per heavy atom. The van der Waals surface area contributed by atoms with Gasteiger partial charge in [-0.05, 0) is 25.7 Å². The van der Waals surface area contributed by atoms with Crippen molar-refractivity contribution in [3.63, 3.8) is 0 Å². The molecule has 3 heteroatoms. The Kier molecular flexibility index (Phi) is 4.39. The van der Waals surface area contributed by atoms with Gasteiger partial charge >= 0.3 is 5.97 Å². The number of hydrogen-bond acceptors (Lipinski definition) is 3. The Bertz CT molecular complexity index is 189. The first-order chi connectivity index (χ1) is 6.59. The summed E-state index contributed by atoms with van der Waals surface area (Å²) in [5.41, 5.74) is 0. The average molecular weight is 200 g/mol. The lowest BCUT2D eigenvalue weighted by Gasteiger charge is -2.26. The van der Waals surface area contributed by atoms with Gasteiger partial charge in [-0.2, -0.15) is 0 Å². The van der Waals surface area contributed by atoms with Crippen molar-refractivity contribution in [2.75, 3.05) is 13.2 Å². The molecule has 1 aliphatic heterocycles. The van der Waals surface area contributed by atoms with E-state index < -0.39 is 0 Å². The molecule has 1 saturated heterocycles. The van der Waals surface area contributed by atoms with Gasteiger partial charge in [0, 0.05) is 6.61 Å². The third-order valence-corrected chi connectivity index (χ3v) is 2.53. The Balaban J connectivity index is 2.20. The maximum atomic E-state index is 11.2. The topological polar surface area (TPSA) is 35.5 Å². The molecule has 1 fully saturated rings. The minimum atomic E-state index is -0.0934. The fraction of sp³-hybridized carbons (Fsp3) is 0.909. The molecule has 1 rings (SSSR count). The predicted molar refractivity (Wildman–Crippen MR) is 53.9 cm³/mol. The molecule has 14 heavy (non-hydrogen) atoms. The molecule has 0 aromatic heterocycles. The van der Waals surface area contributed by atoms with Gasteiger partial charge in [-0.1, -0.05) is 13.8 Å². The number of carbonyl (C=O) groups is 1. The molecule has 2 atom stereocenters. The van der Waals surface area contributed by atoms with Crippen LogP contribution in [0.25, 0.3) is 0 Å². The van der Waals surface area contributed by atoms with Crippen LogP contribution in [0.3, 0.4) is 0 Å². The summed E-state index contributed by atoms with van der Waals surface area (Å²) in [5.74, 6) is 0.373. The van der Waals surface area contributed by atoms with Crippen molar-refractivity contribution in [1.29, 1.82) is 0 Å². The smallest absolute Gasteiger partial charge is 0.308 e. The molecule has 0 amide bonds. The van der Waals surface area contributed by atoms with Crippen LogP contribution >= 0.6 is 0 Å². The summed E-state index contributed by atoms with van der Waals surface area (Å²) < 4.78 is 10.6. The van der Waals surface area contributed by atoms with E-state index in [4.69, 9.17) is 9.47 Å². The standard InChI is InChI=1S/C11H20O3/c1-8(2)11(12)14-7-10-4-5-13-9(3)6-10/h8-10H,4-7H2,1-3H3. The van der Waals surface area contributed by atoms with E-state index in [9.17, 15) is 4.79 Å². The van der Waals surface area contributed by atoms with Crippen molar-refractivity contribution in [2.24, 2.45) is 11.8 Å². The molecule has 1 aliphatic rings. The van der Waals surface area contributed by atoms with Gasteiger partial charge < -0.3 is 9.47 Å². The van der Waals surface area contributed by atoms with E-state index in [1.165, 1.54) is 0 Å². The first-order valence-electron chi connectivity index (χ1n) is 5.38. The molecule has 2 unspecified atom stereocenters. The van der Waals surface area contributed by atoms with Crippen LogP contribution in [0.5, 0.6) is 0 Å². The second-order valence-electron chi connectivity index (χ2n) is 4.36. The van der Waals surface area contributed by atoms with Crippen molar-refractivity contribution < 1.29 is 14.3 Å². The normalized spacial score (nSPS) is 27.7. The Hall–Kier alpha value is -0.570. The van der Waals surface area contributed by atoms with E-state index in [1.54, 1.807) is 0 Å². The lowest BCUT2D eigenvalue weighted by atomic mass is 9.97. The van der Waals surface area contributed by atoms with Crippen LogP contribution < -0.4 is 0 Å². The zero-order valence-corrected chi connectivity index (χ0v) is 9.29. The van der Waals surface area contributed by atoms with Gasteiger partial charge in [0.1, 0.15) is 0 Å². The van der Waals surface area contributed by atoms with Crippen molar-refractivity contribution in [3.05, 3.63) is 0 Å². The van der Waals surface area contributed by atoms with Crippen LogP contribution in [0.4, 0.5) is 0 Å². The summed E-state index contributed by atoms with van der Waals surface area (Å²) in [7, 11) is 0. The van der Waals surface area contributed by atoms with Crippen LogP contribution in [0, 0.1) is 11.8 Å². The summed E-state index contributed by atoms with van der Waals surface area (Å²) in [6.07, 6.45) is 2.33. The van der Waals surface area contributed by atoms with E-state index in [0.29, 0.717) is 18.6 Å². The van der Waals surface area contributed by atoms with Gasteiger partial charge in [0.15, 0.2) is 0 Å². The highest BCUT2D eigenvalue weighted by Crippen LogP contribution is 2.20. The fourth-order valence-corrected chi connectivity index (χ4v) is 1.61. The monoisotopic (exact) mass is 200 g/mol. The minimum Gasteiger partial charge on any atom is -0.465 e. The Morgan fingerprint density at radius 3 is 2.86 bits per heavy atom. The van der Waals surface area contributed by atoms with Crippen LogP contribution in [0.15, 0.2) is 0 Å². The highest BCUT2D eigenvalue weighted by Gasteiger charge is 2.21. The van der Waals surface area contributed by atoms with Crippen LogP contribution in [-0.4, -0.2) is 25.3 Å². The molecule has 0 aliphatic carbocycles. The highest BCUT2D eigenvalue weighted by atomic mass is 16.5.